The third-order valence-corrected chi connectivity index (χ3v) is 5.13. The second-order valence-corrected chi connectivity index (χ2v) is 6.95. The summed E-state index contributed by atoms with van der Waals surface area (Å²) in [4.78, 5) is 18.9. The average Bonchev–Trinajstić information content (AvgIpc) is 2.57. The molecule has 2 fully saturated rings. The highest BCUT2D eigenvalue weighted by Crippen LogP contribution is 2.41. The number of aryl methyl sites for hydroxylation is 1. The predicted octanol–water partition coefficient (Wildman–Crippen LogP) is 3.25. The zero-order valence-electron chi connectivity index (χ0n) is 13.9. The van der Waals surface area contributed by atoms with Gasteiger partial charge in [-0.2, -0.15) is 5.10 Å². The molecule has 2 bridgehead atoms. The molecule has 24 heavy (non-hydrogen) atoms. The van der Waals surface area contributed by atoms with E-state index in [0.717, 1.165) is 42.0 Å². The van der Waals surface area contributed by atoms with Crippen molar-refractivity contribution in [1.29, 1.82) is 0 Å². The average molecular weight is 323 g/mol. The van der Waals surface area contributed by atoms with Crippen molar-refractivity contribution in [2.24, 2.45) is 5.92 Å². The van der Waals surface area contributed by atoms with Gasteiger partial charge < -0.3 is 10.2 Å². The zero-order chi connectivity index (χ0) is 16.7. The Bertz CT molecular complexity index is 751. The number of amides is 2. The maximum absolute atomic E-state index is 12.6. The predicted molar refractivity (Wildman–Crippen MR) is 91.4 cm³/mol. The highest BCUT2D eigenvalue weighted by Gasteiger charge is 2.46. The van der Waals surface area contributed by atoms with Crippen molar-refractivity contribution < 1.29 is 4.79 Å². The van der Waals surface area contributed by atoms with Crippen LogP contribution >= 0.6 is 0 Å². The first-order valence-corrected chi connectivity index (χ1v) is 8.46. The van der Waals surface area contributed by atoms with Gasteiger partial charge in [0.25, 0.3) is 0 Å². The molecular weight excluding hydrogens is 302 g/mol. The minimum absolute atomic E-state index is 0.00468. The van der Waals surface area contributed by atoms with E-state index < -0.39 is 0 Å². The van der Waals surface area contributed by atoms with Crippen LogP contribution in [-0.2, 0) is 0 Å². The molecule has 2 saturated heterocycles. The molecule has 1 aromatic heterocycles. The lowest BCUT2D eigenvalue weighted by Gasteiger charge is -2.54. The normalized spacial score (nSPS) is 25.1. The van der Waals surface area contributed by atoms with Crippen LogP contribution in [0.3, 0.4) is 0 Å². The quantitative estimate of drug-likeness (QED) is 0.921. The molecule has 6 nitrogen and oxygen atoms in total. The third kappa shape index (κ3) is 2.62. The summed E-state index contributed by atoms with van der Waals surface area (Å²) in [7, 11) is 0. The summed E-state index contributed by atoms with van der Waals surface area (Å²) in [6, 6.07) is 6.63. The molecule has 6 heteroatoms. The number of nitrogens with zero attached hydrogens (tertiary/aromatic N) is 4. The Kier molecular flexibility index (Phi) is 3.67. The Balaban J connectivity index is 1.52. The number of urea groups is 1. The number of anilines is 1. The fourth-order valence-corrected chi connectivity index (χ4v) is 3.98. The standard InChI is InChI=1S/C18H21N5O/c1-11-7-14-10-15(8-11)23(14)18(24)21-13-4-3-12(2)16(9-13)17-19-5-6-20-22-17/h3-6,9,11,14-15H,7-8,10H2,1-2H3,(H,21,24)/t11?,14-,15?/m0/s1. The Morgan fingerprint density at radius 1 is 1.21 bits per heavy atom. The molecule has 0 aliphatic carbocycles. The van der Waals surface area contributed by atoms with Gasteiger partial charge in [-0.25, -0.2) is 9.78 Å². The van der Waals surface area contributed by atoms with Crippen molar-refractivity contribution in [3.8, 4) is 11.4 Å². The first-order valence-electron chi connectivity index (χ1n) is 8.46. The summed E-state index contributed by atoms with van der Waals surface area (Å²) >= 11 is 0. The van der Waals surface area contributed by atoms with E-state index in [1.54, 1.807) is 12.4 Å². The van der Waals surface area contributed by atoms with Gasteiger partial charge in [-0.05, 0) is 49.8 Å². The number of piperidine rings is 1. The van der Waals surface area contributed by atoms with Crippen molar-refractivity contribution in [2.45, 2.75) is 45.2 Å². The molecule has 0 saturated carbocycles. The van der Waals surface area contributed by atoms with Gasteiger partial charge in [-0.15, -0.1) is 5.10 Å². The maximum atomic E-state index is 12.6. The van der Waals surface area contributed by atoms with Crippen LogP contribution in [-0.4, -0.2) is 38.2 Å². The summed E-state index contributed by atoms with van der Waals surface area (Å²) in [5.74, 6) is 1.30. The number of nitrogens with one attached hydrogen (secondary N) is 1. The van der Waals surface area contributed by atoms with E-state index in [0.29, 0.717) is 17.9 Å². The number of aromatic nitrogens is 3. The Hall–Kier alpha value is -2.50. The van der Waals surface area contributed by atoms with Crippen molar-refractivity contribution in [3.05, 3.63) is 36.2 Å². The van der Waals surface area contributed by atoms with E-state index in [4.69, 9.17) is 0 Å². The van der Waals surface area contributed by atoms with E-state index in [1.807, 2.05) is 30.0 Å². The summed E-state index contributed by atoms with van der Waals surface area (Å²) in [5, 5.41) is 11.0. The molecule has 2 aromatic rings. The number of hydrogen-bond donors (Lipinski definition) is 1. The zero-order valence-corrected chi connectivity index (χ0v) is 13.9. The fourth-order valence-electron chi connectivity index (χ4n) is 3.98. The van der Waals surface area contributed by atoms with Crippen molar-refractivity contribution in [1.82, 2.24) is 20.1 Å². The van der Waals surface area contributed by atoms with Gasteiger partial charge in [-0.3, -0.25) is 0 Å². The van der Waals surface area contributed by atoms with E-state index in [9.17, 15) is 4.79 Å². The Morgan fingerprint density at radius 2 is 2.00 bits per heavy atom. The van der Waals surface area contributed by atoms with Crippen LogP contribution in [0.2, 0.25) is 0 Å². The molecule has 2 aliphatic heterocycles. The molecular formula is C18H21N5O. The topological polar surface area (TPSA) is 71.0 Å². The van der Waals surface area contributed by atoms with Gasteiger partial charge in [0.2, 0.25) is 0 Å². The van der Waals surface area contributed by atoms with Gasteiger partial charge in [0.15, 0.2) is 5.82 Å². The van der Waals surface area contributed by atoms with Crippen LogP contribution in [0.1, 0.15) is 31.7 Å². The fraction of sp³-hybridized carbons (Fsp3) is 0.444. The number of carbonyl (C=O) groups is 1. The second kappa shape index (κ2) is 5.85. The molecule has 0 spiro atoms. The molecule has 4 rings (SSSR count). The van der Waals surface area contributed by atoms with Gasteiger partial charge in [0.05, 0.1) is 6.20 Å². The van der Waals surface area contributed by atoms with E-state index in [-0.39, 0.29) is 6.03 Å². The van der Waals surface area contributed by atoms with Crippen molar-refractivity contribution >= 4 is 11.7 Å². The highest BCUT2D eigenvalue weighted by molar-refractivity contribution is 5.91. The smallest absolute Gasteiger partial charge is 0.318 e. The maximum Gasteiger partial charge on any atom is 0.322 e. The lowest BCUT2D eigenvalue weighted by Crippen LogP contribution is -2.63. The van der Waals surface area contributed by atoms with Crippen LogP contribution in [0.25, 0.3) is 11.4 Å². The van der Waals surface area contributed by atoms with Gasteiger partial charge in [0.1, 0.15) is 0 Å². The number of benzene rings is 1. The minimum Gasteiger partial charge on any atom is -0.318 e. The van der Waals surface area contributed by atoms with Gasteiger partial charge in [-0.1, -0.05) is 13.0 Å². The largest absolute Gasteiger partial charge is 0.322 e. The first-order chi connectivity index (χ1) is 11.6. The number of rotatable bonds is 2. The molecule has 2 amide bonds. The van der Waals surface area contributed by atoms with Crippen molar-refractivity contribution in [2.75, 3.05) is 5.32 Å². The lowest BCUT2D eigenvalue weighted by molar-refractivity contribution is -0.00600. The highest BCUT2D eigenvalue weighted by atomic mass is 16.2. The second-order valence-electron chi connectivity index (χ2n) is 6.95. The van der Waals surface area contributed by atoms with Crippen LogP contribution < -0.4 is 5.32 Å². The number of hydrogen-bond acceptors (Lipinski definition) is 4. The van der Waals surface area contributed by atoms with E-state index >= 15 is 0 Å². The molecule has 124 valence electrons. The van der Waals surface area contributed by atoms with Crippen molar-refractivity contribution in [3.63, 3.8) is 0 Å². The minimum atomic E-state index is 0.00468. The summed E-state index contributed by atoms with van der Waals surface area (Å²) in [5.41, 5.74) is 2.71. The Labute approximate surface area is 141 Å². The van der Waals surface area contributed by atoms with Gasteiger partial charge >= 0.3 is 6.03 Å². The van der Waals surface area contributed by atoms with Crippen LogP contribution in [0.4, 0.5) is 10.5 Å². The van der Waals surface area contributed by atoms with E-state index in [1.165, 1.54) is 0 Å². The summed E-state index contributed by atoms with van der Waals surface area (Å²) < 4.78 is 0. The van der Waals surface area contributed by atoms with Gasteiger partial charge in [0, 0.05) is 29.5 Å². The van der Waals surface area contributed by atoms with Crippen LogP contribution in [0, 0.1) is 12.8 Å². The lowest BCUT2D eigenvalue weighted by atomic mass is 9.74. The molecule has 3 heterocycles. The van der Waals surface area contributed by atoms with Crippen LogP contribution in [0.15, 0.2) is 30.6 Å². The third-order valence-electron chi connectivity index (χ3n) is 5.13. The molecule has 2 aliphatic rings. The summed E-state index contributed by atoms with van der Waals surface area (Å²) in [6.45, 7) is 4.27. The first kappa shape index (κ1) is 15.1. The van der Waals surface area contributed by atoms with E-state index in [2.05, 4.69) is 27.4 Å². The Morgan fingerprint density at radius 3 is 2.71 bits per heavy atom. The molecule has 3 atom stereocenters. The molecule has 1 aromatic carbocycles. The van der Waals surface area contributed by atoms with Crippen LogP contribution in [0.5, 0.6) is 0 Å². The number of fused-ring (bicyclic) bond motifs is 2. The molecule has 2 unspecified atom stereocenters. The monoisotopic (exact) mass is 323 g/mol. The summed E-state index contributed by atoms with van der Waals surface area (Å²) in [6.07, 6.45) is 6.56. The SMILES string of the molecule is Cc1ccc(NC(=O)N2C3CC(C)C[C@H]2C3)cc1-c1nccnn1. The molecule has 1 N–H and O–H groups in total. The number of carbonyl (C=O) groups excluding carboxylic acids is 1. The molecule has 0 radical (unpaired) electrons.